The lowest BCUT2D eigenvalue weighted by molar-refractivity contribution is -0.140. The van der Waals surface area contributed by atoms with Crippen LogP contribution in [0.5, 0.6) is 5.75 Å². The largest absolute Gasteiger partial charge is 0.489 e. The normalized spacial score (nSPS) is 13.0. The zero-order valence-corrected chi connectivity index (χ0v) is 13.8. The minimum absolute atomic E-state index is 0.134. The second kappa shape index (κ2) is 7.49. The predicted octanol–water partition coefficient (Wildman–Crippen LogP) is 2.64. The molecule has 1 atom stereocenters. The minimum Gasteiger partial charge on any atom is -0.489 e. The van der Waals surface area contributed by atoms with Gasteiger partial charge in [0.15, 0.2) is 6.04 Å². The summed E-state index contributed by atoms with van der Waals surface area (Å²) in [6.07, 6.45) is -5.53. The van der Waals surface area contributed by atoms with E-state index < -0.39 is 42.1 Å². The van der Waals surface area contributed by atoms with Gasteiger partial charge in [0.2, 0.25) is 0 Å². The number of ether oxygens (including phenoxy) is 2. The van der Waals surface area contributed by atoms with Crippen LogP contribution in [0.1, 0.15) is 26.3 Å². The first-order chi connectivity index (χ1) is 11.3. The second-order valence-corrected chi connectivity index (χ2v) is 6.10. The summed E-state index contributed by atoms with van der Waals surface area (Å²) in [5.74, 6) is -1.54. The van der Waals surface area contributed by atoms with E-state index in [9.17, 15) is 22.8 Å². The highest BCUT2D eigenvalue weighted by Gasteiger charge is 2.31. The maximum absolute atomic E-state index is 12.6. The molecule has 1 amide bonds. The van der Waals surface area contributed by atoms with Gasteiger partial charge < -0.3 is 25.6 Å². The Bertz CT molecular complexity index is 641. The van der Waals surface area contributed by atoms with Crippen LogP contribution in [0, 0.1) is 0 Å². The molecule has 0 bridgehead atoms. The molecule has 0 saturated heterocycles. The molecule has 4 N–H and O–H groups in total. The number of nitrogens with one attached hydrogen (secondary N) is 1. The van der Waals surface area contributed by atoms with E-state index in [4.69, 9.17) is 20.3 Å². The number of amides is 1. The number of carboxylic acid groups (broad SMARTS) is 1. The molecule has 140 valence electrons. The van der Waals surface area contributed by atoms with Gasteiger partial charge in [-0.1, -0.05) is 0 Å². The van der Waals surface area contributed by atoms with Crippen LogP contribution >= 0.6 is 0 Å². The summed E-state index contributed by atoms with van der Waals surface area (Å²) in [7, 11) is 0. The molecule has 0 radical (unpaired) electrons. The maximum Gasteiger partial charge on any atom is 0.416 e. The van der Waals surface area contributed by atoms with Gasteiger partial charge in [0.05, 0.1) is 11.3 Å². The van der Waals surface area contributed by atoms with Crippen molar-refractivity contribution >= 4 is 17.7 Å². The molecule has 10 heteroatoms. The number of carbonyl (C=O) groups is 2. The number of aliphatic carboxylic acids is 1. The smallest absolute Gasteiger partial charge is 0.416 e. The monoisotopic (exact) mass is 364 g/mol. The number of halogens is 3. The first-order valence-electron chi connectivity index (χ1n) is 7.11. The van der Waals surface area contributed by atoms with Crippen molar-refractivity contribution in [1.82, 2.24) is 5.32 Å². The molecular formula is C15H19F3N2O5. The Morgan fingerprint density at radius 3 is 2.32 bits per heavy atom. The van der Waals surface area contributed by atoms with Crippen molar-refractivity contribution in [1.29, 1.82) is 0 Å². The van der Waals surface area contributed by atoms with Gasteiger partial charge in [0.25, 0.3) is 0 Å². The van der Waals surface area contributed by atoms with E-state index in [2.05, 4.69) is 5.32 Å². The van der Waals surface area contributed by atoms with Crippen LogP contribution in [0.3, 0.4) is 0 Å². The molecule has 1 aromatic carbocycles. The van der Waals surface area contributed by atoms with Crippen molar-refractivity contribution in [2.45, 2.75) is 38.6 Å². The lowest BCUT2D eigenvalue weighted by atomic mass is 10.2. The van der Waals surface area contributed by atoms with Gasteiger partial charge in [0.1, 0.15) is 18.0 Å². The Morgan fingerprint density at radius 2 is 1.88 bits per heavy atom. The standard InChI is InChI=1S/C15H19F3N2O5/c1-14(2,3)25-13(23)20-10(12(21)22)7-24-11-5-4-8(6-9(11)19)15(16,17)18/h4-6,10H,7,19H2,1-3H3,(H,20,23)(H,21,22)/t10-/m0/s1. The van der Waals surface area contributed by atoms with Crippen LogP contribution < -0.4 is 15.8 Å². The zero-order chi connectivity index (χ0) is 19.4. The lowest BCUT2D eigenvalue weighted by Gasteiger charge is -2.22. The van der Waals surface area contributed by atoms with E-state index in [1.165, 1.54) is 0 Å². The van der Waals surface area contributed by atoms with Crippen LogP contribution in [-0.4, -0.2) is 35.4 Å². The van der Waals surface area contributed by atoms with Gasteiger partial charge in [0, 0.05) is 0 Å². The first-order valence-corrected chi connectivity index (χ1v) is 7.11. The van der Waals surface area contributed by atoms with Crippen molar-refractivity contribution in [2.24, 2.45) is 0 Å². The first kappa shape index (κ1) is 20.4. The zero-order valence-electron chi connectivity index (χ0n) is 13.8. The Kier molecular flexibility index (Phi) is 6.11. The molecule has 1 rings (SSSR count). The third-order valence-electron chi connectivity index (χ3n) is 2.73. The number of anilines is 1. The molecule has 0 unspecified atom stereocenters. The van der Waals surface area contributed by atoms with Gasteiger partial charge in [-0.3, -0.25) is 0 Å². The number of carbonyl (C=O) groups excluding carboxylic acids is 1. The molecule has 0 aliphatic heterocycles. The molecule has 1 aromatic rings. The molecule has 0 fully saturated rings. The average molecular weight is 364 g/mol. The quantitative estimate of drug-likeness (QED) is 0.693. The predicted molar refractivity (Wildman–Crippen MR) is 82.1 cm³/mol. The summed E-state index contributed by atoms with van der Waals surface area (Å²) in [6.45, 7) is 4.25. The van der Waals surface area contributed by atoms with Crippen molar-refractivity contribution < 1.29 is 37.3 Å². The summed E-state index contributed by atoms with van der Waals surface area (Å²) in [5.41, 5.74) is 3.38. The Morgan fingerprint density at radius 1 is 1.28 bits per heavy atom. The highest BCUT2D eigenvalue weighted by Crippen LogP contribution is 2.33. The van der Waals surface area contributed by atoms with Crippen molar-refractivity contribution in [2.75, 3.05) is 12.3 Å². The van der Waals surface area contributed by atoms with Gasteiger partial charge >= 0.3 is 18.2 Å². The molecular weight excluding hydrogens is 345 g/mol. The molecule has 7 nitrogen and oxygen atoms in total. The number of benzene rings is 1. The van der Waals surface area contributed by atoms with E-state index in [0.29, 0.717) is 6.07 Å². The molecule has 0 saturated carbocycles. The molecule has 0 aliphatic rings. The van der Waals surface area contributed by atoms with Gasteiger partial charge in [-0.25, -0.2) is 9.59 Å². The van der Waals surface area contributed by atoms with Gasteiger partial charge in [-0.2, -0.15) is 13.2 Å². The number of hydrogen-bond donors (Lipinski definition) is 3. The van der Waals surface area contributed by atoms with Crippen molar-refractivity contribution in [3.8, 4) is 5.75 Å². The third kappa shape index (κ3) is 6.77. The fourth-order valence-electron chi connectivity index (χ4n) is 1.65. The average Bonchev–Trinajstić information content (AvgIpc) is 2.41. The number of alkyl halides is 3. The molecule has 0 aromatic heterocycles. The SMILES string of the molecule is CC(C)(C)OC(=O)N[C@@H](COc1ccc(C(F)(F)F)cc1N)C(=O)O. The summed E-state index contributed by atoms with van der Waals surface area (Å²) in [4.78, 5) is 22.8. The van der Waals surface area contributed by atoms with E-state index in [-0.39, 0.29) is 11.4 Å². The topological polar surface area (TPSA) is 111 Å². The summed E-state index contributed by atoms with van der Waals surface area (Å²) in [6, 6.07) is 0.927. The van der Waals surface area contributed by atoms with Crippen LogP contribution in [0.15, 0.2) is 18.2 Å². The Labute approximate surface area is 141 Å². The number of rotatable bonds is 5. The highest BCUT2D eigenvalue weighted by atomic mass is 19.4. The van der Waals surface area contributed by atoms with Gasteiger partial charge in [-0.15, -0.1) is 0 Å². The van der Waals surface area contributed by atoms with E-state index >= 15 is 0 Å². The van der Waals surface area contributed by atoms with Crippen LogP contribution in [0.4, 0.5) is 23.7 Å². The number of nitrogens with two attached hydrogens (primary N) is 1. The number of nitrogen functional groups attached to an aromatic ring is 1. The highest BCUT2D eigenvalue weighted by molar-refractivity contribution is 5.80. The third-order valence-corrected chi connectivity index (χ3v) is 2.73. The maximum atomic E-state index is 12.6. The van der Waals surface area contributed by atoms with Crippen molar-refractivity contribution in [3.05, 3.63) is 23.8 Å². The van der Waals surface area contributed by atoms with E-state index in [0.717, 1.165) is 12.1 Å². The van der Waals surface area contributed by atoms with Crippen LogP contribution in [0.25, 0.3) is 0 Å². The Hall–Kier alpha value is -2.65. The summed E-state index contributed by atoms with van der Waals surface area (Å²) in [5, 5.41) is 11.2. The number of alkyl carbamates (subject to hydrolysis) is 1. The van der Waals surface area contributed by atoms with Crippen LogP contribution in [0.2, 0.25) is 0 Å². The molecule has 0 spiro atoms. The molecule has 25 heavy (non-hydrogen) atoms. The second-order valence-electron chi connectivity index (χ2n) is 6.10. The van der Waals surface area contributed by atoms with E-state index in [1.54, 1.807) is 20.8 Å². The molecule has 0 aliphatic carbocycles. The number of hydrogen-bond acceptors (Lipinski definition) is 5. The minimum atomic E-state index is -4.56. The van der Waals surface area contributed by atoms with Crippen LogP contribution in [-0.2, 0) is 15.7 Å². The summed E-state index contributed by atoms with van der Waals surface area (Å²) < 4.78 is 47.7. The fourth-order valence-corrected chi connectivity index (χ4v) is 1.65. The van der Waals surface area contributed by atoms with Crippen molar-refractivity contribution in [3.63, 3.8) is 0 Å². The fraction of sp³-hybridized carbons (Fsp3) is 0.467. The Balaban J connectivity index is 2.75. The number of carboxylic acids is 1. The van der Waals surface area contributed by atoms with Gasteiger partial charge in [-0.05, 0) is 39.0 Å². The lowest BCUT2D eigenvalue weighted by Crippen LogP contribution is -2.46. The molecule has 0 heterocycles. The van der Waals surface area contributed by atoms with E-state index in [1.807, 2.05) is 0 Å². The summed E-state index contributed by atoms with van der Waals surface area (Å²) >= 11 is 0.